The van der Waals surface area contributed by atoms with E-state index < -0.39 is 10.0 Å². The van der Waals surface area contributed by atoms with Gasteiger partial charge < -0.3 is 4.74 Å². The molecular weight excluding hydrogens is 382 g/mol. The van der Waals surface area contributed by atoms with E-state index in [0.29, 0.717) is 31.2 Å². The summed E-state index contributed by atoms with van der Waals surface area (Å²) >= 11 is 0. The van der Waals surface area contributed by atoms with Crippen LogP contribution >= 0.6 is 0 Å². The molecule has 2 aliphatic rings. The average molecular weight is 416 g/mol. The predicted octanol–water partition coefficient (Wildman–Crippen LogP) is 4.56. The van der Waals surface area contributed by atoms with E-state index in [0.717, 1.165) is 25.0 Å². The van der Waals surface area contributed by atoms with Crippen LogP contribution < -0.4 is 9.46 Å². The molecule has 1 heterocycles. The van der Waals surface area contributed by atoms with Crippen molar-refractivity contribution in [3.63, 3.8) is 0 Å². The summed E-state index contributed by atoms with van der Waals surface area (Å²) in [6.45, 7) is 8.74. The number of unbranched alkanes of at least 4 members (excludes halogenated alkanes) is 1. The van der Waals surface area contributed by atoms with Gasteiger partial charge in [-0.2, -0.15) is 0 Å². The molecule has 4 nitrogen and oxygen atoms in total. The van der Waals surface area contributed by atoms with Gasteiger partial charge in [-0.25, -0.2) is 13.1 Å². The summed E-state index contributed by atoms with van der Waals surface area (Å²) in [6, 6.07) is 6.57. The Hall–Kier alpha value is -1.77. The van der Waals surface area contributed by atoms with E-state index in [1.807, 2.05) is 0 Å². The summed E-state index contributed by atoms with van der Waals surface area (Å²) in [4.78, 5) is 0. The second kappa shape index (κ2) is 8.93. The number of benzene rings is 1. The van der Waals surface area contributed by atoms with Gasteiger partial charge in [0, 0.05) is 25.3 Å². The third kappa shape index (κ3) is 5.43. The molecule has 0 saturated heterocycles. The molecule has 0 saturated carbocycles. The second-order valence-corrected chi connectivity index (χ2v) is 10.8. The molecule has 0 fully saturated rings. The Balaban J connectivity index is 1.60. The van der Waals surface area contributed by atoms with Crippen LogP contribution in [0.2, 0.25) is 0 Å². The first-order chi connectivity index (χ1) is 13.7. The first-order valence-electron chi connectivity index (χ1n) is 10.6. The molecule has 3 rings (SSSR count). The maximum atomic E-state index is 11.4. The predicted molar refractivity (Wildman–Crippen MR) is 119 cm³/mol. The molecule has 0 spiro atoms. The Morgan fingerprint density at radius 1 is 1.28 bits per heavy atom. The number of sulfonamides is 1. The molecule has 1 aromatic carbocycles. The lowest BCUT2D eigenvalue weighted by Crippen LogP contribution is -2.45. The van der Waals surface area contributed by atoms with Gasteiger partial charge in [0.1, 0.15) is 11.4 Å². The number of ether oxygens (including phenoxy) is 1. The Labute approximate surface area is 176 Å². The van der Waals surface area contributed by atoms with Crippen molar-refractivity contribution in [1.82, 2.24) is 4.72 Å². The van der Waals surface area contributed by atoms with Gasteiger partial charge in [0.15, 0.2) is 0 Å². The summed E-state index contributed by atoms with van der Waals surface area (Å²) in [5.74, 6) is 8.55. The fraction of sp³-hybridized carbons (Fsp3) is 0.583. The van der Waals surface area contributed by atoms with Crippen LogP contribution in [0.3, 0.4) is 0 Å². The van der Waals surface area contributed by atoms with Gasteiger partial charge in [0.2, 0.25) is 10.0 Å². The Kier molecular flexibility index (Phi) is 6.76. The lowest BCUT2D eigenvalue weighted by Gasteiger charge is -2.47. The Bertz CT molecular complexity index is 935. The molecule has 5 heteroatoms. The molecular formula is C24H33NO3S. The summed E-state index contributed by atoms with van der Waals surface area (Å²) in [7, 11) is -3.10. The highest BCUT2D eigenvalue weighted by Gasteiger charge is 2.44. The Morgan fingerprint density at radius 2 is 2.07 bits per heavy atom. The van der Waals surface area contributed by atoms with Crippen LogP contribution in [0.25, 0.3) is 0 Å². The summed E-state index contributed by atoms with van der Waals surface area (Å²) in [5, 5.41) is 0. The fourth-order valence-corrected chi connectivity index (χ4v) is 5.02. The van der Waals surface area contributed by atoms with E-state index in [4.69, 9.17) is 4.74 Å². The maximum Gasteiger partial charge on any atom is 0.211 e. The van der Waals surface area contributed by atoms with Gasteiger partial charge in [0.05, 0.1) is 5.75 Å². The molecule has 0 radical (unpaired) electrons. The van der Waals surface area contributed by atoms with Crippen LogP contribution in [0.5, 0.6) is 5.75 Å². The molecule has 0 bridgehead atoms. The lowest BCUT2D eigenvalue weighted by molar-refractivity contribution is 0.00849. The SMILES string of the molecule is CCS(=O)(=O)NCCCC#CCc1ccc2c(c1)OC(C)(C)[C@@H]1CC=C(C)C[C@@H]21. The van der Waals surface area contributed by atoms with Crippen LogP contribution in [-0.4, -0.2) is 26.3 Å². The highest BCUT2D eigenvalue weighted by atomic mass is 32.2. The molecule has 29 heavy (non-hydrogen) atoms. The standard InChI is InChI=1S/C24H33NO3S/c1-5-29(26,27)25-15-9-7-6-8-10-19-12-13-20-21-16-18(2)11-14-22(21)24(3,4)28-23(20)17-19/h11-13,17,21-22,25H,5,7,9-10,14-16H2,1-4H3/t21-,22+/m0/s1. The van der Waals surface area contributed by atoms with Crippen molar-refractivity contribution in [2.24, 2.45) is 5.92 Å². The van der Waals surface area contributed by atoms with Gasteiger partial charge in [0.25, 0.3) is 0 Å². The molecule has 158 valence electrons. The number of hydrogen-bond donors (Lipinski definition) is 1. The van der Waals surface area contributed by atoms with Crippen molar-refractivity contribution in [3.05, 3.63) is 41.0 Å². The number of fused-ring (bicyclic) bond motifs is 3. The van der Waals surface area contributed by atoms with E-state index in [-0.39, 0.29) is 11.4 Å². The number of allylic oxidation sites excluding steroid dienone is 2. The van der Waals surface area contributed by atoms with Crippen molar-refractivity contribution in [2.75, 3.05) is 12.3 Å². The van der Waals surface area contributed by atoms with Crippen LogP contribution in [0, 0.1) is 17.8 Å². The summed E-state index contributed by atoms with van der Waals surface area (Å²) in [5.41, 5.74) is 3.82. The van der Waals surface area contributed by atoms with Crippen LogP contribution in [0.1, 0.15) is 70.4 Å². The summed E-state index contributed by atoms with van der Waals surface area (Å²) < 4.78 is 31.8. The van der Waals surface area contributed by atoms with E-state index in [1.54, 1.807) is 6.92 Å². The van der Waals surface area contributed by atoms with Crippen LogP contribution in [-0.2, 0) is 16.4 Å². The minimum atomic E-state index is -3.10. The molecule has 0 aromatic heterocycles. The smallest absolute Gasteiger partial charge is 0.211 e. The minimum absolute atomic E-state index is 0.118. The van der Waals surface area contributed by atoms with Crippen molar-refractivity contribution in [3.8, 4) is 17.6 Å². The molecule has 2 atom stereocenters. The minimum Gasteiger partial charge on any atom is -0.487 e. The van der Waals surface area contributed by atoms with Crippen molar-refractivity contribution >= 4 is 10.0 Å². The zero-order chi connectivity index (χ0) is 21.1. The van der Waals surface area contributed by atoms with E-state index in [9.17, 15) is 8.42 Å². The van der Waals surface area contributed by atoms with E-state index >= 15 is 0 Å². The lowest BCUT2D eigenvalue weighted by atomic mass is 9.67. The van der Waals surface area contributed by atoms with E-state index in [2.05, 4.69) is 61.6 Å². The first kappa shape index (κ1) is 21.9. The van der Waals surface area contributed by atoms with Gasteiger partial charge in [-0.15, -0.1) is 5.92 Å². The normalized spacial score (nSPS) is 22.4. The first-order valence-corrected chi connectivity index (χ1v) is 12.3. The van der Waals surface area contributed by atoms with Crippen LogP contribution in [0.4, 0.5) is 0 Å². The van der Waals surface area contributed by atoms with E-state index in [1.165, 1.54) is 16.7 Å². The van der Waals surface area contributed by atoms with Crippen LogP contribution in [0.15, 0.2) is 29.8 Å². The molecule has 1 aliphatic heterocycles. The second-order valence-electron chi connectivity index (χ2n) is 8.71. The molecule has 0 amide bonds. The largest absolute Gasteiger partial charge is 0.487 e. The highest BCUT2D eigenvalue weighted by molar-refractivity contribution is 7.89. The van der Waals surface area contributed by atoms with Crippen molar-refractivity contribution < 1.29 is 13.2 Å². The zero-order valence-electron chi connectivity index (χ0n) is 18.0. The third-order valence-electron chi connectivity index (χ3n) is 6.09. The number of hydrogen-bond acceptors (Lipinski definition) is 3. The molecule has 0 unspecified atom stereocenters. The van der Waals surface area contributed by atoms with Gasteiger partial charge in [-0.05, 0) is 70.1 Å². The maximum absolute atomic E-state index is 11.4. The van der Waals surface area contributed by atoms with Gasteiger partial charge >= 0.3 is 0 Å². The fourth-order valence-electron chi connectivity index (χ4n) is 4.36. The molecule has 1 aromatic rings. The molecule has 1 aliphatic carbocycles. The number of nitrogens with one attached hydrogen (secondary N) is 1. The third-order valence-corrected chi connectivity index (χ3v) is 7.49. The monoisotopic (exact) mass is 415 g/mol. The average Bonchev–Trinajstić information content (AvgIpc) is 2.66. The quantitative estimate of drug-likeness (QED) is 0.421. The Morgan fingerprint density at radius 3 is 2.83 bits per heavy atom. The highest BCUT2D eigenvalue weighted by Crippen LogP contribution is 2.51. The molecule has 1 N–H and O–H groups in total. The van der Waals surface area contributed by atoms with Gasteiger partial charge in [-0.1, -0.05) is 29.7 Å². The number of rotatable bonds is 6. The zero-order valence-corrected chi connectivity index (χ0v) is 18.9. The van der Waals surface area contributed by atoms with Crippen molar-refractivity contribution in [1.29, 1.82) is 0 Å². The van der Waals surface area contributed by atoms with Gasteiger partial charge in [-0.3, -0.25) is 0 Å². The summed E-state index contributed by atoms with van der Waals surface area (Å²) in [6.07, 6.45) is 6.68. The van der Waals surface area contributed by atoms with Crippen molar-refractivity contribution in [2.45, 2.75) is 71.3 Å². The topological polar surface area (TPSA) is 55.4 Å².